The molecule has 0 spiro atoms. The fourth-order valence-electron chi connectivity index (χ4n) is 1.71. The lowest BCUT2D eigenvalue weighted by Gasteiger charge is -2.34. The fourth-order valence-corrected chi connectivity index (χ4v) is 2.90. The Morgan fingerprint density at radius 1 is 1.21 bits per heavy atom. The van der Waals surface area contributed by atoms with E-state index in [2.05, 4.69) is 4.72 Å². The topological polar surface area (TPSA) is 79.0 Å². The van der Waals surface area contributed by atoms with Gasteiger partial charge in [-0.3, -0.25) is 0 Å². The van der Waals surface area contributed by atoms with Gasteiger partial charge >= 0.3 is 6.09 Å². The molecule has 0 atom stereocenters. The summed E-state index contributed by atoms with van der Waals surface area (Å²) >= 11 is 0. The van der Waals surface area contributed by atoms with Crippen LogP contribution in [-0.4, -0.2) is 62.0 Å². The Kier molecular flexibility index (Phi) is 5.17. The van der Waals surface area contributed by atoms with Crippen molar-refractivity contribution in [2.24, 2.45) is 0 Å². The predicted molar refractivity (Wildman–Crippen MR) is 72.0 cm³/mol. The maximum absolute atomic E-state index is 11.8. The molecule has 1 aliphatic rings. The highest BCUT2D eigenvalue weighted by Crippen LogP contribution is 2.12. The van der Waals surface area contributed by atoms with Crippen LogP contribution in [0.1, 0.15) is 27.7 Å². The number of carbonyl (C=O) groups is 1. The highest BCUT2D eigenvalue weighted by molar-refractivity contribution is 7.87. The summed E-state index contributed by atoms with van der Waals surface area (Å²) < 4.78 is 32.6. The van der Waals surface area contributed by atoms with E-state index in [0.29, 0.717) is 19.6 Å². The number of carbonyl (C=O) groups excluding carboxylic acids is 1. The van der Waals surface area contributed by atoms with Gasteiger partial charge in [0.25, 0.3) is 10.2 Å². The van der Waals surface area contributed by atoms with Gasteiger partial charge in [0, 0.05) is 32.7 Å². The molecule has 112 valence electrons. The van der Waals surface area contributed by atoms with Crippen LogP contribution in [0.5, 0.6) is 0 Å². The average molecular weight is 293 g/mol. The Balaban J connectivity index is 2.52. The third-order valence-electron chi connectivity index (χ3n) is 2.56. The number of nitrogens with one attached hydrogen (secondary N) is 1. The molecule has 19 heavy (non-hydrogen) atoms. The van der Waals surface area contributed by atoms with Crippen LogP contribution in [0, 0.1) is 0 Å². The molecular formula is C11H23N3O4S. The lowest BCUT2D eigenvalue weighted by molar-refractivity contribution is 0.0192. The molecule has 1 N–H and O–H groups in total. The van der Waals surface area contributed by atoms with Crippen molar-refractivity contribution < 1.29 is 17.9 Å². The normalized spacial score (nSPS) is 18.4. The summed E-state index contributed by atoms with van der Waals surface area (Å²) in [6.45, 7) is 8.76. The van der Waals surface area contributed by atoms with Crippen molar-refractivity contribution >= 4 is 16.3 Å². The Morgan fingerprint density at radius 2 is 1.74 bits per heavy atom. The van der Waals surface area contributed by atoms with E-state index in [1.54, 1.807) is 27.7 Å². The molecule has 1 heterocycles. The minimum absolute atomic E-state index is 0.286. The average Bonchev–Trinajstić information content (AvgIpc) is 2.27. The summed E-state index contributed by atoms with van der Waals surface area (Å²) in [4.78, 5) is 13.3. The summed E-state index contributed by atoms with van der Waals surface area (Å²) in [6.07, 6.45) is -0.395. The van der Waals surface area contributed by atoms with Crippen LogP contribution in [0.4, 0.5) is 4.79 Å². The fraction of sp³-hybridized carbons (Fsp3) is 0.909. The molecule has 0 aliphatic carbocycles. The Hall–Kier alpha value is -0.860. The van der Waals surface area contributed by atoms with E-state index < -0.39 is 21.9 Å². The van der Waals surface area contributed by atoms with E-state index in [9.17, 15) is 13.2 Å². The van der Waals surface area contributed by atoms with Gasteiger partial charge in [0.1, 0.15) is 5.60 Å². The number of amides is 1. The van der Waals surface area contributed by atoms with Crippen molar-refractivity contribution in [3.05, 3.63) is 0 Å². The third-order valence-corrected chi connectivity index (χ3v) is 4.26. The van der Waals surface area contributed by atoms with Crippen molar-refractivity contribution in [1.29, 1.82) is 0 Å². The number of nitrogens with zero attached hydrogens (tertiary/aromatic N) is 2. The molecule has 1 rings (SSSR count). The molecule has 0 aromatic heterocycles. The van der Waals surface area contributed by atoms with Gasteiger partial charge in [-0.1, -0.05) is 6.92 Å². The van der Waals surface area contributed by atoms with E-state index >= 15 is 0 Å². The molecule has 1 amide bonds. The summed E-state index contributed by atoms with van der Waals surface area (Å²) in [5, 5.41) is 0. The van der Waals surface area contributed by atoms with Crippen molar-refractivity contribution in [2.45, 2.75) is 33.3 Å². The smallest absolute Gasteiger partial charge is 0.410 e. The third kappa shape index (κ3) is 4.96. The van der Waals surface area contributed by atoms with E-state index in [0.717, 1.165) is 0 Å². The molecule has 1 fully saturated rings. The maximum Gasteiger partial charge on any atom is 0.410 e. The monoisotopic (exact) mass is 293 g/mol. The zero-order valence-corrected chi connectivity index (χ0v) is 12.8. The number of hydrogen-bond acceptors (Lipinski definition) is 4. The maximum atomic E-state index is 11.8. The SMILES string of the molecule is CCNS(=O)(=O)N1CCN(C(=O)OC(C)(C)C)CC1. The molecule has 1 saturated heterocycles. The van der Waals surface area contributed by atoms with Crippen LogP contribution in [0.15, 0.2) is 0 Å². The number of piperazine rings is 1. The van der Waals surface area contributed by atoms with Gasteiger partial charge in [0.15, 0.2) is 0 Å². The quantitative estimate of drug-likeness (QED) is 0.816. The second-order valence-electron chi connectivity index (χ2n) is 5.37. The lowest BCUT2D eigenvalue weighted by atomic mass is 10.2. The van der Waals surface area contributed by atoms with Crippen molar-refractivity contribution in [3.63, 3.8) is 0 Å². The first-order chi connectivity index (χ1) is 8.65. The highest BCUT2D eigenvalue weighted by Gasteiger charge is 2.30. The molecule has 8 heteroatoms. The number of ether oxygens (including phenoxy) is 1. The van der Waals surface area contributed by atoms with Crippen LogP contribution in [0.2, 0.25) is 0 Å². The van der Waals surface area contributed by atoms with Gasteiger partial charge < -0.3 is 9.64 Å². The van der Waals surface area contributed by atoms with Gasteiger partial charge in [-0.2, -0.15) is 12.7 Å². The van der Waals surface area contributed by atoms with Crippen LogP contribution in [0.25, 0.3) is 0 Å². The van der Waals surface area contributed by atoms with E-state index in [4.69, 9.17) is 4.74 Å². The summed E-state index contributed by atoms with van der Waals surface area (Å²) in [5.41, 5.74) is -0.538. The van der Waals surface area contributed by atoms with Gasteiger partial charge in [0.2, 0.25) is 0 Å². The molecule has 7 nitrogen and oxygen atoms in total. The predicted octanol–water partition coefficient (Wildman–Crippen LogP) is 0.393. The van der Waals surface area contributed by atoms with Gasteiger partial charge in [-0.25, -0.2) is 9.52 Å². The lowest BCUT2D eigenvalue weighted by Crippen LogP contribution is -2.54. The van der Waals surface area contributed by atoms with E-state index in [1.807, 2.05) is 0 Å². The first-order valence-corrected chi connectivity index (χ1v) is 7.82. The minimum Gasteiger partial charge on any atom is -0.444 e. The largest absolute Gasteiger partial charge is 0.444 e. The molecule has 0 bridgehead atoms. The molecule has 0 aromatic rings. The zero-order valence-electron chi connectivity index (χ0n) is 12.0. The van der Waals surface area contributed by atoms with Crippen molar-refractivity contribution in [2.75, 3.05) is 32.7 Å². The van der Waals surface area contributed by atoms with Crippen LogP contribution in [-0.2, 0) is 14.9 Å². The van der Waals surface area contributed by atoms with Crippen molar-refractivity contribution in [1.82, 2.24) is 13.9 Å². The first-order valence-electron chi connectivity index (χ1n) is 6.38. The molecule has 1 aliphatic heterocycles. The number of hydrogen-bond donors (Lipinski definition) is 1. The molecule has 0 aromatic carbocycles. The molecule has 0 radical (unpaired) electrons. The zero-order chi connectivity index (χ0) is 14.7. The Morgan fingerprint density at radius 3 is 2.16 bits per heavy atom. The standard InChI is InChI=1S/C11H23N3O4S/c1-5-12-19(16,17)14-8-6-13(7-9-14)10(15)18-11(2,3)4/h12H,5-9H2,1-4H3. The van der Waals surface area contributed by atoms with Crippen molar-refractivity contribution in [3.8, 4) is 0 Å². The van der Waals surface area contributed by atoms with Crippen LogP contribution in [0.3, 0.4) is 0 Å². The molecular weight excluding hydrogens is 270 g/mol. The second-order valence-corrected chi connectivity index (χ2v) is 7.12. The van der Waals surface area contributed by atoms with Gasteiger partial charge in [-0.05, 0) is 20.8 Å². The second kappa shape index (κ2) is 6.06. The van der Waals surface area contributed by atoms with Gasteiger partial charge in [0.05, 0.1) is 0 Å². The van der Waals surface area contributed by atoms with E-state index in [1.165, 1.54) is 9.21 Å². The van der Waals surface area contributed by atoms with Gasteiger partial charge in [-0.15, -0.1) is 0 Å². The highest BCUT2D eigenvalue weighted by atomic mass is 32.2. The summed E-state index contributed by atoms with van der Waals surface area (Å²) in [5.74, 6) is 0. The molecule has 0 unspecified atom stereocenters. The minimum atomic E-state index is -3.41. The number of rotatable bonds is 3. The van der Waals surface area contributed by atoms with E-state index in [-0.39, 0.29) is 13.1 Å². The van der Waals surface area contributed by atoms with Crippen LogP contribution < -0.4 is 4.72 Å². The Labute approximate surface area is 115 Å². The first kappa shape index (κ1) is 16.2. The van der Waals surface area contributed by atoms with Crippen LogP contribution >= 0.6 is 0 Å². The molecule has 0 saturated carbocycles. The Bertz CT molecular complexity index is 408. The summed E-state index contributed by atoms with van der Waals surface area (Å²) in [7, 11) is -3.41. The summed E-state index contributed by atoms with van der Waals surface area (Å²) in [6, 6.07) is 0.